The molecule has 0 radical (unpaired) electrons. The maximum atomic E-state index is 11.5. The van der Waals surface area contributed by atoms with Crippen LogP contribution in [-0.2, 0) is 15.6 Å². The summed E-state index contributed by atoms with van der Waals surface area (Å²) in [5.74, 6) is -0.280. The van der Waals surface area contributed by atoms with Crippen molar-refractivity contribution in [1.29, 1.82) is 0 Å². The van der Waals surface area contributed by atoms with Gasteiger partial charge in [0.1, 0.15) is 0 Å². The summed E-state index contributed by atoms with van der Waals surface area (Å²) in [6.07, 6.45) is 0.155. The Kier molecular flexibility index (Phi) is 4.00. The van der Waals surface area contributed by atoms with Crippen molar-refractivity contribution in [3.63, 3.8) is 0 Å². The van der Waals surface area contributed by atoms with Gasteiger partial charge in [0.05, 0.1) is 11.3 Å². The molecule has 1 rings (SSSR count). The molecule has 0 aliphatic carbocycles. The number of rotatable bonds is 4. The molecule has 0 aliphatic heterocycles. The summed E-state index contributed by atoms with van der Waals surface area (Å²) in [7, 11) is -1.86. The first-order valence-corrected chi connectivity index (χ1v) is 8.64. The molecule has 0 atom stereocenters. The maximum Gasteiger partial charge on any atom is 0.296 e. The van der Waals surface area contributed by atoms with Gasteiger partial charge >= 0.3 is 0 Å². The van der Waals surface area contributed by atoms with E-state index in [4.69, 9.17) is 4.43 Å². The Labute approximate surface area is 101 Å². The third kappa shape index (κ3) is 4.77. The maximum absolute atomic E-state index is 11.5. The number of nitrogens with zero attached hydrogens (tertiary/aromatic N) is 1. The number of benzene rings is 1. The fourth-order valence-corrected chi connectivity index (χ4v) is 2.03. The van der Waals surface area contributed by atoms with Crippen LogP contribution in [0.2, 0.25) is 19.6 Å². The molecule has 6 heteroatoms. The molecule has 0 unspecified atom stereocenters. The lowest BCUT2D eigenvalue weighted by Gasteiger charge is -2.17. The molecular formula is C11H15NO4Si. The fourth-order valence-electron chi connectivity index (χ4n) is 1.28. The second kappa shape index (κ2) is 5.09. The molecule has 0 N–H and O–H groups in total. The van der Waals surface area contributed by atoms with Crippen molar-refractivity contribution < 1.29 is 14.1 Å². The molecular weight excluding hydrogens is 238 g/mol. The smallest absolute Gasteiger partial charge is 0.296 e. The molecule has 0 bridgehead atoms. The number of nitro benzene ring substituents is 1. The van der Waals surface area contributed by atoms with Gasteiger partial charge in [0, 0.05) is 12.1 Å². The molecule has 0 spiro atoms. The first-order chi connectivity index (χ1) is 7.78. The van der Waals surface area contributed by atoms with Gasteiger partial charge in [0.2, 0.25) is 8.32 Å². The molecule has 5 nitrogen and oxygen atoms in total. The minimum Gasteiger partial charge on any atom is -0.520 e. The minimum atomic E-state index is -1.86. The van der Waals surface area contributed by atoms with Crippen LogP contribution in [0.5, 0.6) is 0 Å². The zero-order chi connectivity index (χ0) is 13.1. The highest BCUT2D eigenvalue weighted by molar-refractivity contribution is 6.71. The molecule has 1 aromatic carbocycles. The largest absolute Gasteiger partial charge is 0.520 e. The van der Waals surface area contributed by atoms with Crippen molar-refractivity contribution in [2.24, 2.45) is 0 Å². The zero-order valence-electron chi connectivity index (χ0n) is 10.1. The predicted molar refractivity (Wildman–Crippen MR) is 66.2 cm³/mol. The van der Waals surface area contributed by atoms with E-state index in [1.54, 1.807) is 12.1 Å². The van der Waals surface area contributed by atoms with E-state index in [0.717, 1.165) is 5.56 Å². The van der Waals surface area contributed by atoms with Gasteiger partial charge < -0.3 is 4.43 Å². The Balaban J connectivity index is 2.64. The van der Waals surface area contributed by atoms with Crippen molar-refractivity contribution in [1.82, 2.24) is 0 Å². The van der Waals surface area contributed by atoms with Crippen LogP contribution in [0.3, 0.4) is 0 Å². The van der Waals surface area contributed by atoms with Crippen LogP contribution < -0.4 is 0 Å². The summed E-state index contributed by atoms with van der Waals surface area (Å²) in [5.41, 5.74) is 0.742. The summed E-state index contributed by atoms with van der Waals surface area (Å²) in [6, 6.07) is 5.92. The summed E-state index contributed by atoms with van der Waals surface area (Å²) < 4.78 is 5.29. The molecule has 0 heterocycles. The molecule has 0 saturated carbocycles. The number of non-ortho nitro benzene ring substituents is 1. The number of nitro groups is 1. The first kappa shape index (κ1) is 13.4. The molecule has 92 valence electrons. The summed E-state index contributed by atoms with van der Waals surface area (Å²) >= 11 is 0. The Morgan fingerprint density at radius 3 is 2.24 bits per heavy atom. The Hall–Kier alpha value is -1.69. The molecule has 0 aromatic heterocycles. The number of carbonyl (C=O) groups is 1. The van der Waals surface area contributed by atoms with Crippen LogP contribution in [0.1, 0.15) is 5.56 Å². The quantitative estimate of drug-likeness (QED) is 0.469. The summed E-state index contributed by atoms with van der Waals surface area (Å²) in [6.45, 7) is 5.79. The average Bonchev–Trinajstić information content (AvgIpc) is 2.15. The lowest BCUT2D eigenvalue weighted by molar-refractivity contribution is -0.384. The standard InChI is InChI=1S/C11H15NO4Si/c1-17(2,3)16-11(13)8-9-4-6-10(7-5-9)12(14)15/h4-7H,8H2,1-3H3. The molecule has 0 fully saturated rings. The van der Waals surface area contributed by atoms with Gasteiger partial charge in [-0.25, -0.2) is 0 Å². The van der Waals surface area contributed by atoms with Gasteiger partial charge in [0.25, 0.3) is 11.7 Å². The minimum absolute atomic E-state index is 0.0207. The Morgan fingerprint density at radius 2 is 1.82 bits per heavy atom. The molecule has 17 heavy (non-hydrogen) atoms. The number of carbonyl (C=O) groups excluding carboxylic acids is 1. The van der Waals surface area contributed by atoms with Gasteiger partial charge in [-0.3, -0.25) is 14.9 Å². The third-order valence-electron chi connectivity index (χ3n) is 1.92. The monoisotopic (exact) mass is 253 g/mol. The predicted octanol–water partition coefficient (Wildman–Crippen LogP) is 2.52. The van der Waals surface area contributed by atoms with Crippen LogP contribution in [0.4, 0.5) is 5.69 Å². The molecule has 1 aromatic rings. The Bertz CT molecular complexity index is 422. The molecule has 0 aliphatic rings. The van der Waals surface area contributed by atoms with Gasteiger partial charge in [-0.15, -0.1) is 0 Å². The topological polar surface area (TPSA) is 69.4 Å². The zero-order valence-corrected chi connectivity index (χ0v) is 11.1. The Morgan fingerprint density at radius 1 is 1.29 bits per heavy atom. The van der Waals surface area contributed by atoms with Crippen LogP contribution in [0, 0.1) is 10.1 Å². The van der Waals surface area contributed by atoms with E-state index in [-0.39, 0.29) is 18.1 Å². The van der Waals surface area contributed by atoms with E-state index in [9.17, 15) is 14.9 Å². The van der Waals surface area contributed by atoms with E-state index in [1.165, 1.54) is 12.1 Å². The number of hydrogen-bond donors (Lipinski definition) is 0. The van der Waals surface area contributed by atoms with E-state index in [0.29, 0.717) is 0 Å². The fraction of sp³-hybridized carbons (Fsp3) is 0.364. The summed E-state index contributed by atoms with van der Waals surface area (Å²) in [5, 5.41) is 10.4. The van der Waals surface area contributed by atoms with E-state index in [2.05, 4.69) is 0 Å². The van der Waals surface area contributed by atoms with Crippen LogP contribution in [-0.4, -0.2) is 19.2 Å². The van der Waals surface area contributed by atoms with Gasteiger partial charge in [-0.1, -0.05) is 12.1 Å². The van der Waals surface area contributed by atoms with Crippen molar-refractivity contribution in [2.45, 2.75) is 26.1 Å². The lowest BCUT2D eigenvalue weighted by Crippen LogP contribution is -2.29. The second-order valence-electron chi connectivity index (χ2n) is 4.69. The van der Waals surface area contributed by atoms with Gasteiger partial charge in [-0.2, -0.15) is 0 Å². The van der Waals surface area contributed by atoms with Crippen LogP contribution >= 0.6 is 0 Å². The van der Waals surface area contributed by atoms with Crippen molar-refractivity contribution >= 4 is 20.0 Å². The molecule has 0 amide bonds. The SMILES string of the molecule is C[Si](C)(C)OC(=O)Cc1ccc([N+](=O)[O-])cc1. The highest BCUT2D eigenvalue weighted by Crippen LogP contribution is 2.13. The normalized spacial score (nSPS) is 11.0. The molecule has 0 saturated heterocycles. The number of hydrogen-bond acceptors (Lipinski definition) is 4. The van der Waals surface area contributed by atoms with Gasteiger partial charge in [0.15, 0.2) is 0 Å². The second-order valence-corrected chi connectivity index (χ2v) is 9.12. The van der Waals surface area contributed by atoms with Crippen LogP contribution in [0.25, 0.3) is 0 Å². The highest BCUT2D eigenvalue weighted by atomic mass is 28.4. The van der Waals surface area contributed by atoms with E-state index >= 15 is 0 Å². The highest BCUT2D eigenvalue weighted by Gasteiger charge is 2.20. The van der Waals surface area contributed by atoms with Crippen LogP contribution in [0.15, 0.2) is 24.3 Å². The average molecular weight is 253 g/mol. The van der Waals surface area contributed by atoms with Crippen molar-refractivity contribution in [2.75, 3.05) is 0 Å². The van der Waals surface area contributed by atoms with E-state index < -0.39 is 13.2 Å². The first-order valence-electron chi connectivity index (χ1n) is 5.23. The van der Waals surface area contributed by atoms with E-state index in [1.807, 2.05) is 19.6 Å². The van der Waals surface area contributed by atoms with Gasteiger partial charge in [-0.05, 0) is 25.2 Å². The third-order valence-corrected chi connectivity index (χ3v) is 2.76. The van der Waals surface area contributed by atoms with Crippen molar-refractivity contribution in [3.05, 3.63) is 39.9 Å². The lowest BCUT2D eigenvalue weighted by atomic mass is 10.1. The summed E-state index contributed by atoms with van der Waals surface area (Å²) in [4.78, 5) is 21.5. The van der Waals surface area contributed by atoms with Crippen molar-refractivity contribution in [3.8, 4) is 0 Å².